The van der Waals surface area contributed by atoms with Crippen molar-refractivity contribution in [2.75, 3.05) is 31.3 Å². The number of ether oxygens (including phenoxy) is 2. The van der Waals surface area contributed by atoms with Gasteiger partial charge in [0.15, 0.2) is 0 Å². The van der Waals surface area contributed by atoms with Gasteiger partial charge in [0, 0.05) is 19.2 Å². The third-order valence-corrected chi connectivity index (χ3v) is 5.00. The lowest BCUT2D eigenvalue weighted by molar-refractivity contribution is -0.0551. The smallest absolute Gasteiger partial charge is 0.213 e. The summed E-state index contributed by atoms with van der Waals surface area (Å²) in [6.07, 6.45) is 3.75. The first kappa shape index (κ1) is 15.4. The number of aromatic nitrogens is 1. The molecular formula is C19H21FN2O2. The Bertz CT molecular complexity index is 697. The van der Waals surface area contributed by atoms with Crippen LogP contribution in [0.25, 0.3) is 0 Å². The molecule has 0 radical (unpaired) electrons. The fourth-order valence-corrected chi connectivity index (χ4v) is 3.71. The highest BCUT2D eigenvalue weighted by molar-refractivity contribution is 5.47. The lowest BCUT2D eigenvalue weighted by Gasteiger charge is -2.40. The lowest BCUT2D eigenvalue weighted by atomic mass is 9.84. The van der Waals surface area contributed by atoms with Gasteiger partial charge in [0.1, 0.15) is 13.3 Å². The lowest BCUT2D eigenvalue weighted by Crippen LogP contribution is -2.42. The van der Waals surface area contributed by atoms with Crippen molar-refractivity contribution >= 4 is 5.69 Å². The molecule has 126 valence electrons. The van der Waals surface area contributed by atoms with E-state index in [0.717, 1.165) is 38.2 Å². The molecule has 0 unspecified atom stereocenters. The van der Waals surface area contributed by atoms with Crippen molar-refractivity contribution in [2.45, 2.75) is 25.0 Å². The molecule has 0 amide bonds. The van der Waals surface area contributed by atoms with Crippen LogP contribution in [-0.2, 0) is 16.9 Å². The number of halogens is 1. The van der Waals surface area contributed by atoms with Crippen LogP contribution in [-0.4, -0.2) is 31.4 Å². The molecule has 1 saturated heterocycles. The Morgan fingerprint density at radius 1 is 1.17 bits per heavy atom. The topological polar surface area (TPSA) is 34.6 Å². The molecule has 0 atom stereocenters. The van der Waals surface area contributed by atoms with E-state index in [-0.39, 0.29) is 12.2 Å². The molecular weight excluding hydrogens is 306 g/mol. The summed E-state index contributed by atoms with van der Waals surface area (Å²) in [6, 6.07) is 12.3. The zero-order valence-corrected chi connectivity index (χ0v) is 13.6. The van der Waals surface area contributed by atoms with Crippen molar-refractivity contribution < 1.29 is 13.9 Å². The molecule has 1 aromatic heterocycles. The van der Waals surface area contributed by atoms with Crippen LogP contribution in [0.15, 0.2) is 42.6 Å². The number of alkyl halides is 1. The van der Waals surface area contributed by atoms with Gasteiger partial charge >= 0.3 is 0 Å². The molecule has 4 nitrogen and oxygen atoms in total. The van der Waals surface area contributed by atoms with Gasteiger partial charge in [0.2, 0.25) is 5.88 Å². The monoisotopic (exact) mass is 327 g/mol. The van der Waals surface area contributed by atoms with Gasteiger partial charge in [0.05, 0.1) is 24.1 Å². The Morgan fingerprint density at radius 2 is 2.00 bits per heavy atom. The number of benzene rings is 1. The molecule has 2 aromatic rings. The molecule has 1 aromatic carbocycles. The normalized spacial score (nSPS) is 18.6. The standard InChI is InChI=1S/C19H21FN2O2/c20-9-12-23-18-6-5-16(13-21-18)22-10-7-19(8-11-22)17-4-2-1-3-15(17)14-24-19/h1-6,13H,7-12,14H2/i20-1. The van der Waals surface area contributed by atoms with E-state index in [9.17, 15) is 4.39 Å². The Balaban J connectivity index is 1.43. The molecule has 0 bridgehead atoms. The van der Waals surface area contributed by atoms with Crippen LogP contribution in [0.3, 0.4) is 0 Å². The van der Waals surface area contributed by atoms with Gasteiger partial charge in [-0.05, 0) is 30.0 Å². The van der Waals surface area contributed by atoms with E-state index in [1.807, 2.05) is 6.07 Å². The highest BCUT2D eigenvalue weighted by atomic mass is 18.2. The third-order valence-electron chi connectivity index (χ3n) is 5.00. The maximum atomic E-state index is 12.1. The highest BCUT2D eigenvalue weighted by Crippen LogP contribution is 2.44. The summed E-state index contributed by atoms with van der Waals surface area (Å²) in [6.45, 7) is 2.13. The second-order valence-corrected chi connectivity index (χ2v) is 6.32. The van der Waals surface area contributed by atoms with Crippen molar-refractivity contribution in [3.8, 4) is 5.88 Å². The SMILES string of the molecule is [18F]CCOc1ccc(N2CCC3(CC2)OCc2ccccc23)cn1. The Morgan fingerprint density at radius 3 is 2.75 bits per heavy atom. The van der Waals surface area contributed by atoms with Crippen LogP contribution in [0.5, 0.6) is 5.88 Å². The summed E-state index contributed by atoms with van der Waals surface area (Å²) in [5.74, 6) is 0.470. The molecule has 0 N–H and O–H groups in total. The summed E-state index contributed by atoms with van der Waals surface area (Å²) < 4.78 is 23.5. The molecule has 1 fully saturated rings. The fraction of sp³-hybridized carbons (Fsp3) is 0.421. The van der Waals surface area contributed by atoms with Crippen LogP contribution in [0.1, 0.15) is 24.0 Å². The first-order chi connectivity index (χ1) is 11.8. The van der Waals surface area contributed by atoms with Gasteiger partial charge < -0.3 is 14.4 Å². The van der Waals surface area contributed by atoms with Crippen LogP contribution in [0.4, 0.5) is 10.1 Å². The van der Waals surface area contributed by atoms with Crippen molar-refractivity contribution in [3.05, 3.63) is 53.7 Å². The van der Waals surface area contributed by atoms with Crippen LogP contribution < -0.4 is 9.64 Å². The molecule has 3 heterocycles. The fourth-order valence-electron chi connectivity index (χ4n) is 3.71. The molecule has 5 heteroatoms. The molecule has 4 rings (SSSR count). The molecule has 2 aliphatic rings. The first-order valence-corrected chi connectivity index (χ1v) is 8.43. The number of hydrogen-bond acceptors (Lipinski definition) is 4. The minimum Gasteiger partial charge on any atom is -0.475 e. The molecule has 24 heavy (non-hydrogen) atoms. The largest absolute Gasteiger partial charge is 0.475 e. The summed E-state index contributed by atoms with van der Waals surface area (Å²) in [5.41, 5.74) is 3.63. The number of pyridine rings is 1. The van der Waals surface area contributed by atoms with Crippen molar-refractivity contribution in [2.24, 2.45) is 0 Å². The van der Waals surface area contributed by atoms with E-state index in [1.165, 1.54) is 11.1 Å². The molecule has 1 spiro atoms. The van der Waals surface area contributed by atoms with Gasteiger partial charge in [-0.2, -0.15) is 0 Å². The van der Waals surface area contributed by atoms with Crippen molar-refractivity contribution in [1.29, 1.82) is 0 Å². The van der Waals surface area contributed by atoms with Gasteiger partial charge in [-0.15, -0.1) is 0 Å². The maximum absolute atomic E-state index is 12.1. The van der Waals surface area contributed by atoms with Crippen LogP contribution in [0.2, 0.25) is 0 Å². The number of fused-ring (bicyclic) bond motifs is 2. The van der Waals surface area contributed by atoms with Gasteiger partial charge in [0.25, 0.3) is 0 Å². The predicted octanol–water partition coefficient (Wildman–Crippen LogP) is 3.46. The van der Waals surface area contributed by atoms with Gasteiger partial charge in [-0.25, -0.2) is 9.37 Å². The summed E-state index contributed by atoms with van der Waals surface area (Å²) >= 11 is 0. The quantitative estimate of drug-likeness (QED) is 0.861. The van der Waals surface area contributed by atoms with Gasteiger partial charge in [-0.1, -0.05) is 24.3 Å². The highest BCUT2D eigenvalue weighted by Gasteiger charge is 2.42. The average Bonchev–Trinajstić information content (AvgIpc) is 3.00. The maximum Gasteiger partial charge on any atom is 0.213 e. The van der Waals surface area contributed by atoms with Crippen molar-refractivity contribution in [3.63, 3.8) is 0 Å². The summed E-state index contributed by atoms with van der Waals surface area (Å²) in [5, 5.41) is 0. The number of piperidine rings is 1. The molecule has 0 saturated carbocycles. The van der Waals surface area contributed by atoms with E-state index in [2.05, 4.69) is 34.1 Å². The minimum atomic E-state index is -0.501. The number of hydrogen-bond donors (Lipinski definition) is 0. The summed E-state index contributed by atoms with van der Waals surface area (Å²) in [7, 11) is 0. The Labute approximate surface area is 141 Å². The van der Waals surface area contributed by atoms with E-state index < -0.39 is 6.67 Å². The number of rotatable bonds is 4. The second kappa shape index (κ2) is 6.40. The first-order valence-electron chi connectivity index (χ1n) is 8.43. The van der Waals surface area contributed by atoms with Gasteiger partial charge in [-0.3, -0.25) is 0 Å². The van der Waals surface area contributed by atoms with E-state index in [0.29, 0.717) is 5.88 Å². The average molecular weight is 327 g/mol. The van der Waals surface area contributed by atoms with Crippen LogP contribution >= 0.6 is 0 Å². The molecule has 0 aliphatic carbocycles. The van der Waals surface area contributed by atoms with E-state index in [1.54, 1.807) is 12.3 Å². The zero-order chi connectivity index (χ0) is 16.4. The zero-order valence-electron chi connectivity index (χ0n) is 13.6. The minimum absolute atomic E-state index is 0.0509. The Kier molecular flexibility index (Phi) is 4.10. The van der Waals surface area contributed by atoms with E-state index >= 15 is 0 Å². The predicted molar refractivity (Wildman–Crippen MR) is 90.1 cm³/mol. The number of nitrogens with zero attached hydrogens (tertiary/aromatic N) is 2. The van der Waals surface area contributed by atoms with E-state index in [4.69, 9.17) is 9.47 Å². The molecule has 2 aliphatic heterocycles. The second-order valence-electron chi connectivity index (χ2n) is 6.32. The third kappa shape index (κ3) is 2.73. The summed E-state index contributed by atoms with van der Waals surface area (Å²) in [4.78, 5) is 6.58. The number of anilines is 1. The van der Waals surface area contributed by atoms with Crippen molar-refractivity contribution in [1.82, 2.24) is 4.98 Å². The van der Waals surface area contributed by atoms with Crippen LogP contribution in [0, 0.1) is 0 Å². The Hall–Kier alpha value is -2.14.